The van der Waals surface area contributed by atoms with Crippen molar-refractivity contribution in [2.24, 2.45) is 5.92 Å². The smallest absolute Gasteiger partial charge is 0.270 e. The Kier molecular flexibility index (Phi) is 5.25. The van der Waals surface area contributed by atoms with E-state index in [9.17, 15) is 24.5 Å². The van der Waals surface area contributed by atoms with Crippen LogP contribution < -0.4 is 0 Å². The Bertz CT molecular complexity index is 550. The number of ketones is 3. The molecule has 0 N–H and O–H groups in total. The maximum absolute atomic E-state index is 11.9. The van der Waals surface area contributed by atoms with Gasteiger partial charge in [0.15, 0.2) is 5.78 Å². The molecular weight excluding hydrogens is 262 g/mol. The van der Waals surface area contributed by atoms with E-state index in [-0.39, 0.29) is 41.4 Å². The van der Waals surface area contributed by atoms with Gasteiger partial charge in [-0.25, -0.2) is 0 Å². The minimum absolute atomic E-state index is 0.00495. The Hall–Kier alpha value is -2.37. The van der Waals surface area contributed by atoms with E-state index in [4.69, 9.17) is 0 Å². The average molecular weight is 277 g/mol. The van der Waals surface area contributed by atoms with Gasteiger partial charge < -0.3 is 0 Å². The van der Waals surface area contributed by atoms with E-state index in [2.05, 4.69) is 0 Å². The maximum atomic E-state index is 11.9. The van der Waals surface area contributed by atoms with Crippen LogP contribution in [0.4, 0.5) is 5.69 Å². The van der Waals surface area contributed by atoms with Gasteiger partial charge in [0.25, 0.3) is 5.69 Å². The summed E-state index contributed by atoms with van der Waals surface area (Å²) in [5, 5.41) is 10.6. The van der Waals surface area contributed by atoms with Crippen LogP contribution in [0.15, 0.2) is 24.3 Å². The van der Waals surface area contributed by atoms with Gasteiger partial charge in [0, 0.05) is 24.1 Å². The summed E-state index contributed by atoms with van der Waals surface area (Å²) in [5.74, 6) is -1.65. The summed E-state index contributed by atoms with van der Waals surface area (Å²) in [6, 6.07) is 5.40. The normalized spacial score (nSPS) is 10.3. The molecule has 20 heavy (non-hydrogen) atoms. The molecule has 0 heterocycles. The van der Waals surface area contributed by atoms with Crippen LogP contribution in [-0.2, 0) is 9.59 Å². The number of benzene rings is 1. The van der Waals surface area contributed by atoms with Gasteiger partial charge in [0.05, 0.1) is 10.8 Å². The molecule has 0 aliphatic rings. The lowest BCUT2D eigenvalue weighted by atomic mass is 9.93. The van der Waals surface area contributed by atoms with Crippen molar-refractivity contribution >= 4 is 23.0 Å². The van der Waals surface area contributed by atoms with Crippen molar-refractivity contribution in [2.45, 2.75) is 26.7 Å². The number of carbonyl (C=O) groups is 3. The fourth-order valence-corrected chi connectivity index (χ4v) is 1.91. The van der Waals surface area contributed by atoms with Crippen molar-refractivity contribution in [1.82, 2.24) is 0 Å². The summed E-state index contributed by atoms with van der Waals surface area (Å²) in [4.78, 5) is 44.5. The maximum Gasteiger partial charge on any atom is 0.270 e. The highest BCUT2D eigenvalue weighted by molar-refractivity contribution is 6.01. The Morgan fingerprint density at radius 3 is 2.30 bits per heavy atom. The first kappa shape index (κ1) is 15.7. The summed E-state index contributed by atoms with van der Waals surface area (Å²) < 4.78 is 0. The third-order valence-corrected chi connectivity index (χ3v) is 3.02. The number of nitrogens with zero attached hydrogens (tertiary/aromatic N) is 1. The van der Waals surface area contributed by atoms with Crippen molar-refractivity contribution in [2.75, 3.05) is 0 Å². The largest absolute Gasteiger partial charge is 0.299 e. The van der Waals surface area contributed by atoms with Gasteiger partial charge >= 0.3 is 0 Å². The third-order valence-electron chi connectivity index (χ3n) is 3.02. The second-order valence-corrected chi connectivity index (χ2v) is 4.54. The van der Waals surface area contributed by atoms with E-state index in [1.165, 1.54) is 38.1 Å². The molecule has 0 fully saturated rings. The zero-order valence-electron chi connectivity index (χ0n) is 11.3. The zero-order valence-corrected chi connectivity index (χ0v) is 11.3. The minimum atomic E-state index is -0.780. The fraction of sp³-hybridized carbons (Fsp3) is 0.357. The molecule has 0 aliphatic heterocycles. The third kappa shape index (κ3) is 4.08. The Morgan fingerprint density at radius 2 is 1.80 bits per heavy atom. The number of rotatable bonds is 7. The van der Waals surface area contributed by atoms with E-state index < -0.39 is 10.8 Å². The van der Waals surface area contributed by atoms with Gasteiger partial charge in [-0.15, -0.1) is 0 Å². The van der Waals surface area contributed by atoms with Gasteiger partial charge in [-0.05, 0) is 20.3 Å². The molecule has 6 nitrogen and oxygen atoms in total. The molecule has 1 rings (SSSR count). The van der Waals surface area contributed by atoms with Gasteiger partial charge in [0.1, 0.15) is 11.6 Å². The summed E-state index contributed by atoms with van der Waals surface area (Å²) in [5.41, 5.74) is 0.0515. The summed E-state index contributed by atoms with van der Waals surface area (Å²) in [7, 11) is 0. The summed E-state index contributed by atoms with van der Waals surface area (Å²) in [6.07, 6.45) is 0.136. The summed E-state index contributed by atoms with van der Waals surface area (Å²) in [6.45, 7) is 2.62. The van der Waals surface area contributed by atoms with E-state index in [0.717, 1.165) is 0 Å². The van der Waals surface area contributed by atoms with E-state index in [1.54, 1.807) is 0 Å². The highest BCUT2D eigenvalue weighted by Gasteiger charge is 2.21. The quantitative estimate of drug-likeness (QED) is 0.330. The predicted molar refractivity (Wildman–Crippen MR) is 71.5 cm³/mol. The molecule has 6 heteroatoms. The molecule has 0 atom stereocenters. The standard InChI is InChI=1S/C14H15NO5/c1-9(16)13(10(2)17)6-7-14(18)11-4-3-5-12(8-11)15(19)20/h3-5,8,13H,6-7H2,1-2H3. The van der Waals surface area contributed by atoms with Crippen LogP contribution >= 0.6 is 0 Å². The second-order valence-electron chi connectivity index (χ2n) is 4.54. The molecule has 0 saturated heterocycles. The number of non-ortho nitro benzene ring substituents is 1. The van der Waals surface area contributed by atoms with E-state index in [0.29, 0.717) is 0 Å². The number of hydrogen-bond donors (Lipinski definition) is 0. The molecule has 0 spiro atoms. The van der Waals surface area contributed by atoms with Crippen molar-refractivity contribution in [3.63, 3.8) is 0 Å². The Morgan fingerprint density at radius 1 is 1.20 bits per heavy atom. The molecule has 0 aromatic heterocycles. The molecule has 1 aromatic rings. The van der Waals surface area contributed by atoms with Gasteiger partial charge in [-0.1, -0.05) is 12.1 Å². The first-order valence-corrected chi connectivity index (χ1v) is 6.11. The van der Waals surface area contributed by atoms with Crippen molar-refractivity contribution in [3.8, 4) is 0 Å². The first-order valence-electron chi connectivity index (χ1n) is 6.11. The molecule has 0 saturated carbocycles. The van der Waals surface area contributed by atoms with Gasteiger partial charge in [-0.2, -0.15) is 0 Å². The van der Waals surface area contributed by atoms with E-state index in [1.807, 2.05) is 0 Å². The second kappa shape index (κ2) is 6.70. The highest BCUT2D eigenvalue weighted by atomic mass is 16.6. The average Bonchev–Trinajstić information content (AvgIpc) is 2.38. The first-order chi connectivity index (χ1) is 9.32. The summed E-state index contributed by atoms with van der Waals surface area (Å²) >= 11 is 0. The monoisotopic (exact) mass is 277 g/mol. The van der Waals surface area contributed by atoms with Crippen LogP contribution in [0.2, 0.25) is 0 Å². The topological polar surface area (TPSA) is 94.3 Å². The number of Topliss-reactive ketones (excluding diaryl/α,β-unsaturated/α-hetero) is 3. The van der Waals surface area contributed by atoms with Crippen LogP contribution in [-0.4, -0.2) is 22.3 Å². The number of carbonyl (C=O) groups excluding carboxylic acids is 3. The van der Waals surface area contributed by atoms with E-state index >= 15 is 0 Å². The van der Waals surface area contributed by atoms with Crippen molar-refractivity contribution < 1.29 is 19.3 Å². The van der Waals surface area contributed by atoms with Gasteiger partial charge in [0.2, 0.25) is 0 Å². The minimum Gasteiger partial charge on any atom is -0.299 e. The molecule has 0 aliphatic carbocycles. The predicted octanol–water partition coefficient (Wildman–Crippen LogP) is 2.35. The molecule has 0 amide bonds. The molecule has 0 radical (unpaired) electrons. The van der Waals surface area contributed by atoms with Crippen LogP contribution in [0, 0.1) is 16.0 Å². The number of hydrogen-bond acceptors (Lipinski definition) is 5. The Balaban J connectivity index is 2.76. The number of nitro groups is 1. The number of nitro benzene ring substituents is 1. The van der Waals surface area contributed by atoms with Crippen LogP contribution in [0.5, 0.6) is 0 Å². The Labute approximate surface area is 115 Å². The molecule has 0 unspecified atom stereocenters. The molecule has 1 aromatic carbocycles. The van der Waals surface area contributed by atoms with Crippen LogP contribution in [0.25, 0.3) is 0 Å². The fourth-order valence-electron chi connectivity index (χ4n) is 1.91. The van der Waals surface area contributed by atoms with Crippen LogP contribution in [0.3, 0.4) is 0 Å². The zero-order chi connectivity index (χ0) is 15.3. The lowest BCUT2D eigenvalue weighted by Crippen LogP contribution is -2.20. The van der Waals surface area contributed by atoms with Crippen LogP contribution in [0.1, 0.15) is 37.0 Å². The lowest BCUT2D eigenvalue weighted by Gasteiger charge is -2.09. The molecule has 0 bridgehead atoms. The van der Waals surface area contributed by atoms with Gasteiger partial charge in [-0.3, -0.25) is 24.5 Å². The highest BCUT2D eigenvalue weighted by Crippen LogP contribution is 2.17. The molecular formula is C14H15NO5. The van der Waals surface area contributed by atoms with Crippen molar-refractivity contribution in [3.05, 3.63) is 39.9 Å². The molecule has 106 valence electrons. The van der Waals surface area contributed by atoms with Crippen molar-refractivity contribution in [1.29, 1.82) is 0 Å². The lowest BCUT2D eigenvalue weighted by molar-refractivity contribution is -0.384. The SMILES string of the molecule is CC(=O)C(CCC(=O)c1cccc([N+](=O)[O-])c1)C(C)=O.